The van der Waals surface area contributed by atoms with Gasteiger partial charge in [0, 0.05) is 11.3 Å². The third kappa shape index (κ3) is 2.96. The Morgan fingerprint density at radius 1 is 1.00 bits per heavy atom. The van der Waals surface area contributed by atoms with Gasteiger partial charge in [0.05, 0.1) is 30.3 Å². The molecule has 36 heavy (non-hydrogen) atoms. The Labute approximate surface area is 216 Å². The monoisotopic (exact) mass is 504 g/mol. The summed E-state index contributed by atoms with van der Waals surface area (Å²) in [6, 6.07) is 0. The molecule has 4 saturated carbocycles. The van der Waals surface area contributed by atoms with Crippen LogP contribution < -0.4 is 0 Å². The average Bonchev–Trinajstić information content (AvgIpc) is 2.80. The summed E-state index contributed by atoms with van der Waals surface area (Å²) in [5.41, 5.74) is -1.41. The zero-order chi connectivity index (χ0) is 26.6. The molecule has 0 aromatic carbocycles. The van der Waals surface area contributed by atoms with Gasteiger partial charge in [-0.15, -0.1) is 0 Å². The highest BCUT2D eigenvalue weighted by Crippen LogP contribution is 2.75. The van der Waals surface area contributed by atoms with Crippen LogP contribution in [0, 0.1) is 56.7 Å². The van der Waals surface area contributed by atoms with Crippen LogP contribution in [-0.2, 0) is 4.79 Å². The Kier molecular flexibility index (Phi) is 5.95. The lowest BCUT2D eigenvalue weighted by Gasteiger charge is -2.72. The van der Waals surface area contributed by atoms with Gasteiger partial charge in [0.2, 0.25) is 0 Å². The first kappa shape index (κ1) is 26.6. The largest absolute Gasteiger partial charge is 0.481 e. The van der Waals surface area contributed by atoms with E-state index in [1.54, 1.807) is 0 Å². The molecule has 0 amide bonds. The lowest BCUT2D eigenvalue weighted by molar-refractivity contribution is -0.273. The van der Waals surface area contributed by atoms with E-state index < -0.39 is 40.5 Å². The Morgan fingerprint density at radius 3 is 2.28 bits per heavy atom. The van der Waals surface area contributed by atoms with E-state index in [4.69, 9.17) is 0 Å². The number of aliphatic hydroxyl groups excluding tert-OH is 4. The van der Waals surface area contributed by atoms with Crippen molar-refractivity contribution in [1.82, 2.24) is 0 Å². The highest BCUT2D eigenvalue weighted by molar-refractivity contribution is 5.76. The molecule has 0 unspecified atom stereocenters. The van der Waals surface area contributed by atoms with Crippen LogP contribution in [0.25, 0.3) is 0 Å². The Bertz CT molecular complexity index is 963. The quantitative estimate of drug-likeness (QED) is 0.363. The number of rotatable bonds is 2. The van der Waals surface area contributed by atoms with E-state index in [1.165, 1.54) is 5.57 Å². The van der Waals surface area contributed by atoms with Crippen molar-refractivity contribution >= 4 is 5.97 Å². The highest BCUT2D eigenvalue weighted by Gasteiger charge is 2.72. The van der Waals surface area contributed by atoms with Crippen LogP contribution in [0.5, 0.6) is 0 Å². The molecule has 0 aromatic heterocycles. The standard InChI is InChI=1S/C30H48O6/c1-16-9-10-30(25(35)36)12-11-28(5)18(22(30)17(16)2)7-8-21-26(3)13-20(33)24(34)27(4,15-31)23(26)19(32)14-29(21,28)6/h7,16-17,19-24,31-34H,8-15H2,1-6H3,(H,35,36)/t16-,17+,19-,20-,21-,22+,23+,24+,26-,27+,28-,29-,30+/m1/s1. The van der Waals surface area contributed by atoms with Crippen molar-refractivity contribution in [2.24, 2.45) is 56.7 Å². The van der Waals surface area contributed by atoms with Crippen LogP contribution in [0.1, 0.15) is 86.5 Å². The van der Waals surface area contributed by atoms with Crippen molar-refractivity contribution in [1.29, 1.82) is 0 Å². The number of carboxylic acids is 1. The number of hydrogen-bond donors (Lipinski definition) is 5. The number of aliphatic hydroxyl groups is 4. The molecule has 4 fully saturated rings. The summed E-state index contributed by atoms with van der Waals surface area (Å²) in [4.78, 5) is 12.8. The lowest BCUT2D eigenvalue weighted by Crippen LogP contribution is -2.71. The van der Waals surface area contributed by atoms with Crippen LogP contribution >= 0.6 is 0 Å². The van der Waals surface area contributed by atoms with Crippen LogP contribution in [0.15, 0.2) is 11.6 Å². The maximum Gasteiger partial charge on any atom is 0.310 e. The first-order valence-electron chi connectivity index (χ1n) is 14.2. The summed E-state index contributed by atoms with van der Waals surface area (Å²) in [6.45, 7) is 12.8. The second-order valence-corrected chi connectivity index (χ2v) is 14.6. The number of fused-ring (bicyclic) bond motifs is 7. The van der Waals surface area contributed by atoms with Crippen molar-refractivity contribution in [3.05, 3.63) is 11.6 Å². The average molecular weight is 505 g/mol. The zero-order valence-electron chi connectivity index (χ0n) is 23.0. The SMILES string of the molecule is C[C@H]1[C@H](C)CC[C@]2(C(=O)O)CC[C@]3(C)C(=CC[C@@H]4[C@@]5(C)C[C@@H](O)[C@H](O)[C@@](C)(CO)[C@H]5[C@H](O)C[C@]43C)[C@H]12. The summed E-state index contributed by atoms with van der Waals surface area (Å²) in [5.74, 6) is -0.0914. The van der Waals surface area contributed by atoms with E-state index in [1.807, 2.05) is 6.92 Å². The van der Waals surface area contributed by atoms with Crippen LogP contribution in [0.4, 0.5) is 0 Å². The molecule has 0 bridgehead atoms. The van der Waals surface area contributed by atoms with Gasteiger partial charge in [0.1, 0.15) is 0 Å². The number of aliphatic carboxylic acids is 1. The van der Waals surface area contributed by atoms with Gasteiger partial charge in [0.25, 0.3) is 0 Å². The second-order valence-electron chi connectivity index (χ2n) is 14.6. The maximum atomic E-state index is 12.8. The van der Waals surface area contributed by atoms with Gasteiger partial charge in [-0.25, -0.2) is 0 Å². The minimum absolute atomic E-state index is 0.000534. The predicted octanol–water partition coefficient (Wildman–Crippen LogP) is 4.00. The minimum atomic E-state index is -1.08. The highest BCUT2D eigenvalue weighted by atomic mass is 16.4. The molecule has 5 N–H and O–H groups in total. The van der Waals surface area contributed by atoms with Gasteiger partial charge in [-0.2, -0.15) is 0 Å². The summed E-state index contributed by atoms with van der Waals surface area (Å²) in [5, 5.41) is 54.7. The van der Waals surface area contributed by atoms with Crippen molar-refractivity contribution in [3.63, 3.8) is 0 Å². The van der Waals surface area contributed by atoms with Gasteiger partial charge in [0.15, 0.2) is 0 Å². The van der Waals surface area contributed by atoms with Gasteiger partial charge in [-0.05, 0) is 84.9 Å². The van der Waals surface area contributed by atoms with E-state index in [9.17, 15) is 30.3 Å². The molecule has 0 aromatic rings. The molecule has 0 saturated heterocycles. The van der Waals surface area contributed by atoms with Gasteiger partial charge >= 0.3 is 5.97 Å². The first-order valence-corrected chi connectivity index (χ1v) is 14.2. The molecular formula is C30H48O6. The summed E-state index contributed by atoms with van der Waals surface area (Å²) >= 11 is 0. The molecule has 6 nitrogen and oxygen atoms in total. The van der Waals surface area contributed by atoms with E-state index >= 15 is 0 Å². The van der Waals surface area contributed by atoms with Crippen molar-refractivity contribution in [2.45, 2.75) is 105 Å². The Hall–Kier alpha value is -0.950. The molecule has 5 rings (SSSR count). The summed E-state index contributed by atoms with van der Waals surface area (Å²) in [7, 11) is 0. The maximum absolute atomic E-state index is 12.8. The van der Waals surface area contributed by atoms with Gasteiger partial charge in [-0.3, -0.25) is 4.79 Å². The second kappa shape index (κ2) is 8.03. The number of allylic oxidation sites excluding steroid dienone is 2. The molecular weight excluding hydrogens is 456 g/mol. The fourth-order valence-electron chi connectivity index (χ4n) is 11.2. The molecule has 0 aliphatic heterocycles. The van der Waals surface area contributed by atoms with Crippen LogP contribution in [0.2, 0.25) is 0 Å². The fourth-order valence-corrected chi connectivity index (χ4v) is 11.2. The van der Waals surface area contributed by atoms with E-state index in [0.717, 1.165) is 25.7 Å². The smallest absolute Gasteiger partial charge is 0.310 e. The van der Waals surface area contributed by atoms with Gasteiger partial charge in [-0.1, -0.05) is 53.2 Å². The van der Waals surface area contributed by atoms with Crippen LogP contribution in [0.3, 0.4) is 0 Å². The predicted molar refractivity (Wildman–Crippen MR) is 137 cm³/mol. The molecule has 5 aliphatic rings. The summed E-state index contributed by atoms with van der Waals surface area (Å²) in [6.07, 6.45) is 4.44. The third-order valence-electron chi connectivity index (χ3n) is 13.4. The Balaban J connectivity index is 1.65. The van der Waals surface area contributed by atoms with Gasteiger partial charge < -0.3 is 25.5 Å². The molecule has 0 spiro atoms. The normalized spacial score (nSPS) is 58.6. The van der Waals surface area contributed by atoms with E-state index in [0.29, 0.717) is 25.2 Å². The molecule has 13 atom stereocenters. The van der Waals surface area contributed by atoms with E-state index in [-0.39, 0.29) is 41.1 Å². The minimum Gasteiger partial charge on any atom is -0.481 e. The Morgan fingerprint density at radius 2 is 1.67 bits per heavy atom. The molecule has 0 radical (unpaired) electrons. The molecule has 6 heteroatoms. The number of carboxylic acid groups (broad SMARTS) is 1. The molecule has 5 aliphatic carbocycles. The first-order chi connectivity index (χ1) is 16.6. The lowest BCUT2D eigenvalue weighted by atomic mass is 9.32. The van der Waals surface area contributed by atoms with Crippen molar-refractivity contribution in [2.75, 3.05) is 6.61 Å². The van der Waals surface area contributed by atoms with Crippen molar-refractivity contribution < 1.29 is 30.3 Å². The summed E-state index contributed by atoms with van der Waals surface area (Å²) < 4.78 is 0. The molecule has 0 heterocycles. The van der Waals surface area contributed by atoms with Crippen LogP contribution in [-0.4, -0.2) is 56.4 Å². The number of carbonyl (C=O) groups is 1. The zero-order valence-corrected chi connectivity index (χ0v) is 23.0. The fraction of sp³-hybridized carbons (Fsp3) is 0.900. The van der Waals surface area contributed by atoms with Crippen molar-refractivity contribution in [3.8, 4) is 0 Å². The molecule has 204 valence electrons. The van der Waals surface area contributed by atoms with E-state index in [2.05, 4.69) is 40.7 Å². The number of hydrogen-bond acceptors (Lipinski definition) is 5. The third-order valence-corrected chi connectivity index (χ3v) is 13.4. The topological polar surface area (TPSA) is 118 Å².